The Labute approximate surface area is 114 Å². The molecule has 2 fully saturated rings. The molecule has 0 radical (unpaired) electrons. The van der Waals surface area contributed by atoms with Crippen LogP contribution in [0.25, 0.3) is 0 Å². The number of nitrogens with zero attached hydrogens (tertiary/aromatic N) is 1. The van der Waals surface area contributed by atoms with E-state index in [1.54, 1.807) is 0 Å². The predicted octanol–water partition coefficient (Wildman–Crippen LogP) is 2.09. The molecule has 1 aromatic heterocycles. The third-order valence-corrected chi connectivity index (χ3v) is 4.18. The number of carbonyl (C=O) groups is 1. The molecule has 0 atom stereocenters. The van der Waals surface area contributed by atoms with Crippen molar-refractivity contribution in [2.24, 2.45) is 5.92 Å². The van der Waals surface area contributed by atoms with Crippen LogP contribution in [0.5, 0.6) is 0 Å². The highest BCUT2D eigenvalue weighted by Gasteiger charge is 2.30. The number of aliphatic hydroxyl groups excluding tert-OH is 1. The molecule has 18 heavy (non-hydrogen) atoms. The van der Waals surface area contributed by atoms with E-state index in [0.29, 0.717) is 18.5 Å². The second-order valence-corrected chi connectivity index (χ2v) is 6.30. The Morgan fingerprint density at radius 2 is 2.22 bits per heavy atom. The van der Waals surface area contributed by atoms with Crippen molar-refractivity contribution in [3.63, 3.8) is 0 Å². The highest BCUT2D eigenvalue weighted by Crippen LogP contribution is 2.37. The lowest BCUT2D eigenvalue weighted by Crippen LogP contribution is -2.38. The van der Waals surface area contributed by atoms with Gasteiger partial charge in [-0.05, 0) is 53.6 Å². The summed E-state index contributed by atoms with van der Waals surface area (Å²) in [6, 6.07) is 2.38. The van der Waals surface area contributed by atoms with Gasteiger partial charge in [-0.2, -0.15) is 0 Å². The first-order valence-corrected chi connectivity index (χ1v) is 7.26. The Morgan fingerprint density at radius 1 is 1.50 bits per heavy atom. The Kier molecular flexibility index (Phi) is 3.20. The Hall–Kier alpha value is -0.810. The second kappa shape index (κ2) is 4.70. The highest BCUT2D eigenvalue weighted by atomic mass is 79.9. The number of hydrogen-bond donors (Lipinski definition) is 2. The van der Waals surface area contributed by atoms with Gasteiger partial charge in [-0.25, -0.2) is 0 Å². The number of hydrogen-bond acceptors (Lipinski definition) is 2. The van der Waals surface area contributed by atoms with Gasteiger partial charge in [0.1, 0.15) is 5.69 Å². The minimum Gasteiger partial charge on any atom is -0.393 e. The normalized spacial score (nSPS) is 26.8. The lowest BCUT2D eigenvalue weighted by atomic mass is 9.82. The number of amides is 1. The lowest BCUT2D eigenvalue weighted by molar-refractivity contribution is 0.0419. The van der Waals surface area contributed by atoms with Crippen molar-refractivity contribution in [2.75, 3.05) is 6.54 Å². The molecule has 2 saturated carbocycles. The van der Waals surface area contributed by atoms with Gasteiger partial charge in [-0.15, -0.1) is 0 Å². The summed E-state index contributed by atoms with van der Waals surface area (Å²) in [6.07, 6.45) is 5.78. The van der Waals surface area contributed by atoms with Gasteiger partial charge in [0.05, 0.1) is 6.10 Å². The molecule has 1 amide bonds. The molecule has 1 heterocycles. The van der Waals surface area contributed by atoms with Crippen molar-refractivity contribution < 1.29 is 9.90 Å². The molecule has 2 N–H and O–H groups in total. The molecule has 0 aromatic carbocycles. The third-order valence-electron chi connectivity index (χ3n) is 3.75. The topological polar surface area (TPSA) is 54.3 Å². The molecular weight excluding hydrogens is 296 g/mol. The largest absolute Gasteiger partial charge is 0.393 e. The van der Waals surface area contributed by atoms with E-state index in [9.17, 15) is 9.90 Å². The third kappa shape index (κ3) is 2.47. The molecule has 0 unspecified atom stereocenters. The Morgan fingerprint density at radius 3 is 2.83 bits per heavy atom. The van der Waals surface area contributed by atoms with Crippen molar-refractivity contribution >= 4 is 21.8 Å². The van der Waals surface area contributed by atoms with Crippen LogP contribution in [-0.4, -0.2) is 28.2 Å². The summed E-state index contributed by atoms with van der Waals surface area (Å²) in [6.45, 7) is 0.670. The molecule has 0 spiro atoms. The fourth-order valence-corrected chi connectivity index (χ4v) is 2.91. The second-order valence-electron chi connectivity index (χ2n) is 5.38. The minimum absolute atomic E-state index is 0.00557. The molecule has 3 rings (SSSR count). The van der Waals surface area contributed by atoms with Crippen LogP contribution in [0.15, 0.2) is 16.7 Å². The zero-order valence-electron chi connectivity index (χ0n) is 10.1. The molecule has 0 saturated heterocycles. The van der Waals surface area contributed by atoms with Gasteiger partial charge in [-0.1, -0.05) is 0 Å². The van der Waals surface area contributed by atoms with E-state index in [0.717, 1.165) is 35.8 Å². The Balaban J connectivity index is 1.61. The quantitative estimate of drug-likeness (QED) is 0.894. The van der Waals surface area contributed by atoms with Crippen LogP contribution in [0, 0.1) is 5.92 Å². The van der Waals surface area contributed by atoms with Crippen molar-refractivity contribution in [1.29, 1.82) is 0 Å². The summed E-state index contributed by atoms with van der Waals surface area (Å²) in [7, 11) is 0. The van der Waals surface area contributed by atoms with Crippen LogP contribution >= 0.6 is 15.9 Å². The van der Waals surface area contributed by atoms with Crippen LogP contribution in [0.4, 0.5) is 0 Å². The van der Waals surface area contributed by atoms with Gasteiger partial charge >= 0.3 is 0 Å². The van der Waals surface area contributed by atoms with Gasteiger partial charge in [-0.3, -0.25) is 4.79 Å². The molecule has 98 valence electrons. The number of aromatic nitrogens is 1. The van der Waals surface area contributed by atoms with Gasteiger partial charge in [0.25, 0.3) is 5.91 Å². The lowest BCUT2D eigenvalue weighted by Gasteiger charge is -2.31. The summed E-state index contributed by atoms with van der Waals surface area (Å²) in [5.74, 6) is 0.436. The van der Waals surface area contributed by atoms with Crippen molar-refractivity contribution in [2.45, 2.75) is 37.8 Å². The number of aliphatic hydroxyl groups is 1. The first-order chi connectivity index (χ1) is 8.63. The summed E-state index contributed by atoms with van der Waals surface area (Å²) >= 11 is 3.43. The fourth-order valence-electron chi connectivity index (χ4n) is 2.48. The average molecular weight is 313 g/mol. The number of rotatable bonds is 4. The molecule has 5 heteroatoms. The van der Waals surface area contributed by atoms with Crippen LogP contribution < -0.4 is 5.32 Å². The maximum absolute atomic E-state index is 12.1. The highest BCUT2D eigenvalue weighted by molar-refractivity contribution is 9.10. The number of carbonyl (C=O) groups excluding carboxylic acids is 1. The zero-order chi connectivity index (χ0) is 12.7. The molecule has 0 bridgehead atoms. The van der Waals surface area contributed by atoms with Crippen molar-refractivity contribution in [3.8, 4) is 0 Å². The predicted molar refractivity (Wildman–Crippen MR) is 71.5 cm³/mol. The maximum atomic E-state index is 12.1. The van der Waals surface area contributed by atoms with Gasteiger partial charge in [0.2, 0.25) is 0 Å². The van der Waals surface area contributed by atoms with Crippen LogP contribution in [0.3, 0.4) is 0 Å². The van der Waals surface area contributed by atoms with E-state index in [1.807, 2.05) is 12.3 Å². The van der Waals surface area contributed by atoms with E-state index in [2.05, 4.69) is 25.8 Å². The zero-order valence-corrected chi connectivity index (χ0v) is 11.7. The number of halogens is 1. The summed E-state index contributed by atoms with van der Waals surface area (Å²) in [5.41, 5.74) is 0.740. The van der Waals surface area contributed by atoms with Crippen LogP contribution in [0.1, 0.15) is 42.2 Å². The number of nitrogens with one attached hydrogen (secondary N) is 1. The van der Waals surface area contributed by atoms with Crippen molar-refractivity contribution in [1.82, 2.24) is 9.88 Å². The van der Waals surface area contributed by atoms with E-state index in [-0.39, 0.29) is 12.0 Å². The van der Waals surface area contributed by atoms with E-state index < -0.39 is 0 Å². The smallest absolute Gasteiger partial charge is 0.267 e. The molecule has 2 aliphatic rings. The SMILES string of the molecule is O=C(NCC1CC(O)C1)c1cc(Br)cn1C1CC1. The first-order valence-electron chi connectivity index (χ1n) is 6.47. The fraction of sp³-hybridized carbons (Fsp3) is 0.615. The van der Waals surface area contributed by atoms with Gasteiger partial charge < -0.3 is 15.0 Å². The minimum atomic E-state index is -0.156. The molecule has 0 aliphatic heterocycles. The maximum Gasteiger partial charge on any atom is 0.267 e. The summed E-state index contributed by atoms with van der Waals surface area (Å²) in [4.78, 5) is 12.1. The average Bonchev–Trinajstić information content (AvgIpc) is 3.06. The van der Waals surface area contributed by atoms with Crippen LogP contribution in [-0.2, 0) is 0 Å². The Bertz CT molecular complexity index is 462. The summed E-state index contributed by atoms with van der Waals surface area (Å²) in [5, 5.41) is 12.2. The van der Waals surface area contributed by atoms with E-state index in [1.165, 1.54) is 0 Å². The molecule has 1 aromatic rings. The van der Waals surface area contributed by atoms with Crippen LogP contribution in [0.2, 0.25) is 0 Å². The standard InChI is InChI=1S/C13H17BrN2O2/c14-9-5-12(16(7-9)10-1-2-10)13(18)15-6-8-3-11(17)4-8/h5,7-8,10-11,17H,1-4,6H2,(H,15,18). The van der Waals surface area contributed by atoms with Crippen molar-refractivity contribution in [3.05, 3.63) is 22.4 Å². The molecule has 4 nitrogen and oxygen atoms in total. The molecule has 2 aliphatic carbocycles. The monoisotopic (exact) mass is 312 g/mol. The van der Waals surface area contributed by atoms with E-state index >= 15 is 0 Å². The van der Waals surface area contributed by atoms with Gasteiger partial charge in [0, 0.05) is 23.3 Å². The molecular formula is C13H17BrN2O2. The van der Waals surface area contributed by atoms with E-state index in [4.69, 9.17) is 0 Å². The summed E-state index contributed by atoms with van der Waals surface area (Å²) < 4.78 is 3.02. The first kappa shape index (κ1) is 12.2. The van der Waals surface area contributed by atoms with Gasteiger partial charge in [0.15, 0.2) is 0 Å².